The van der Waals surface area contributed by atoms with Crippen LogP contribution in [0.4, 0.5) is 8.78 Å². The predicted molar refractivity (Wildman–Crippen MR) is 96.2 cm³/mol. The van der Waals surface area contributed by atoms with Gasteiger partial charge in [-0.15, -0.1) is 0 Å². The van der Waals surface area contributed by atoms with Gasteiger partial charge in [0.05, 0.1) is 12.1 Å². The molecule has 0 radical (unpaired) electrons. The van der Waals surface area contributed by atoms with Crippen molar-refractivity contribution in [3.8, 4) is 11.1 Å². The number of imidazole rings is 1. The van der Waals surface area contributed by atoms with Crippen LogP contribution in [0.5, 0.6) is 0 Å². The third-order valence-corrected chi connectivity index (χ3v) is 4.52. The molecule has 3 aromatic heterocycles. The topological polar surface area (TPSA) is 65.6 Å². The molecule has 0 aliphatic carbocycles. The van der Waals surface area contributed by atoms with E-state index < -0.39 is 11.6 Å². The van der Waals surface area contributed by atoms with Crippen molar-refractivity contribution >= 4 is 11.2 Å². The van der Waals surface area contributed by atoms with Crippen LogP contribution in [0.2, 0.25) is 0 Å². The normalized spacial score (nSPS) is 11.3. The van der Waals surface area contributed by atoms with Crippen LogP contribution in [0, 0.1) is 18.6 Å². The zero-order valence-corrected chi connectivity index (χ0v) is 14.6. The number of hydrogen-bond acceptors (Lipinski definition) is 4. The molecule has 0 spiro atoms. The van der Waals surface area contributed by atoms with Crippen molar-refractivity contribution in [2.75, 3.05) is 0 Å². The number of nitrogens with zero attached hydrogens (tertiary/aromatic N) is 5. The highest BCUT2D eigenvalue weighted by atomic mass is 19.1. The average molecular weight is 367 g/mol. The minimum absolute atomic E-state index is 0.0595. The van der Waals surface area contributed by atoms with Gasteiger partial charge in [0.15, 0.2) is 5.65 Å². The predicted octanol–water partition coefficient (Wildman–Crippen LogP) is 2.83. The second kappa shape index (κ2) is 6.39. The lowest BCUT2D eigenvalue weighted by atomic mass is 10.0. The molecular weight excluding hydrogens is 352 g/mol. The highest BCUT2D eigenvalue weighted by Crippen LogP contribution is 2.27. The van der Waals surface area contributed by atoms with E-state index in [1.54, 1.807) is 31.6 Å². The first-order valence-corrected chi connectivity index (χ1v) is 8.23. The number of rotatable bonds is 3. The molecule has 0 atom stereocenters. The van der Waals surface area contributed by atoms with Gasteiger partial charge in [-0.25, -0.2) is 28.5 Å². The van der Waals surface area contributed by atoms with E-state index >= 15 is 0 Å². The SMILES string of the molecule is Cc1c(F)ccc(-c2cnc3c(c2)n(Cc2ncccn2)c(=O)n3C)c1F. The van der Waals surface area contributed by atoms with Crippen molar-refractivity contribution in [2.45, 2.75) is 13.5 Å². The lowest BCUT2D eigenvalue weighted by Crippen LogP contribution is -2.23. The summed E-state index contributed by atoms with van der Waals surface area (Å²) in [6.07, 6.45) is 4.67. The Morgan fingerprint density at radius 1 is 1.11 bits per heavy atom. The summed E-state index contributed by atoms with van der Waals surface area (Å²) in [6, 6.07) is 5.94. The van der Waals surface area contributed by atoms with Gasteiger partial charge >= 0.3 is 5.69 Å². The van der Waals surface area contributed by atoms with Crippen LogP contribution in [0.1, 0.15) is 11.4 Å². The van der Waals surface area contributed by atoms with Gasteiger partial charge in [-0.1, -0.05) is 0 Å². The van der Waals surface area contributed by atoms with E-state index in [1.807, 2.05) is 0 Å². The lowest BCUT2D eigenvalue weighted by Gasteiger charge is -2.08. The first kappa shape index (κ1) is 17.0. The van der Waals surface area contributed by atoms with Crippen LogP contribution >= 0.6 is 0 Å². The Morgan fingerprint density at radius 3 is 2.59 bits per heavy atom. The summed E-state index contributed by atoms with van der Waals surface area (Å²) in [4.78, 5) is 25.2. The Labute approximate surface area is 152 Å². The summed E-state index contributed by atoms with van der Waals surface area (Å²) >= 11 is 0. The van der Waals surface area contributed by atoms with Gasteiger partial charge in [-0.2, -0.15) is 0 Å². The second-order valence-corrected chi connectivity index (χ2v) is 6.19. The fraction of sp³-hybridized carbons (Fsp3) is 0.158. The maximum Gasteiger partial charge on any atom is 0.330 e. The Bertz CT molecular complexity index is 1210. The Balaban J connectivity index is 1.91. The van der Waals surface area contributed by atoms with Crippen LogP contribution in [0.25, 0.3) is 22.3 Å². The average Bonchev–Trinajstić information content (AvgIpc) is 2.91. The highest BCUT2D eigenvalue weighted by molar-refractivity contribution is 5.79. The lowest BCUT2D eigenvalue weighted by molar-refractivity contribution is 0.570. The molecule has 6 nitrogen and oxygen atoms in total. The summed E-state index contributed by atoms with van der Waals surface area (Å²) in [5.41, 5.74) is 1.32. The van der Waals surface area contributed by atoms with Gasteiger partial charge in [-0.05, 0) is 31.2 Å². The first-order chi connectivity index (χ1) is 13.0. The van der Waals surface area contributed by atoms with Crippen molar-refractivity contribution in [3.63, 3.8) is 0 Å². The third kappa shape index (κ3) is 2.79. The van der Waals surface area contributed by atoms with Crippen molar-refractivity contribution in [2.24, 2.45) is 7.05 Å². The molecule has 0 amide bonds. The number of fused-ring (bicyclic) bond motifs is 1. The fourth-order valence-corrected chi connectivity index (χ4v) is 3.02. The molecule has 0 saturated carbocycles. The van der Waals surface area contributed by atoms with Crippen LogP contribution in [0.15, 0.2) is 47.7 Å². The van der Waals surface area contributed by atoms with Gasteiger partial charge < -0.3 is 0 Å². The number of aryl methyl sites for hydroxylation is 1. The van der Waals surface area contributed by atoms with E-state index in [2.05, 4.69) is 15.0 Å². The standard InChI is InChI=1S/C19H15F2N5O/c1-11-14(20)5-4-13(17(11)21)12-8-15-18(24-9-12)25(2)19(27)26(15)10-16-22-6-3-7-23-16/h3-9H,10H2,1-2H3. The smallest absolute Gasteiger partial charge is 0.283 e. The summed E-state index contributed by atoms with van der Waals surface area (Å²) < 4.78 is 31.0. The number of benzene rings is 1. The molecule has 0 saturated heterocycles. The van der Waals surface area contributed by atoms with Gasteiger partial charge in [0, 0.05) is 42.3 Å². The molecule has 4 aromatic rings. The number of halogens is 2. The van der Waals surface area contributed by atoms with Crippen LogP contribution in [-0.4, -0.2) is 24.1 Å². The molecule has 8 heteroatoms. The molecule has 0 aliphatic rings. The van der Waals surface area contributed by atoms with Crippen molar-refractivity contribution in [1.29, 1.82) is 0 Å². The summed E-state index contributed by atoms with van der Waals surface area (Å²) in [7, 11) is 1.61. The van der Waals surface area contributed by atoms with Gasteiger partial charge in [0.1, 0.15) is 17.5 Å². The largest absolute Gasteiger partial charge is 0.330 e. The number of pyridine rings is 1. The molecule has 0 unspecified atom stereocenters. The van der Waals surface area contributed by atoms with E-state index in [4.69, 9.17) is 0 Å². The van der Waals surface area contributed by atoms with Crippen molar-refractivity contribution in [3.05, 3.63) is 76.4 Å². The van der Waals surface area contributed by atoms with Gasteiger partial charge in [-0.3, -0.25) is 9.13 Å². The summed E-state index contributed by atoms with van der Waals surface area (Å²) in [5.74, 6) is -0.781. The monoisotopic (exact) mass is 367 g/mol. The van der Waals surface area contributed by atoms with E-state index in [-0.39, 0.29) is 23.4 Å². The van der Waals surface area contributed by atoms with Crippen LogP contribution < -0.4 is 5.69 Å². The van der Waals surface area contributed by atoms with Gasteiger partial charge in [0.2, 0.25) is 0 Å². The Hall–Kier alpha value is -3.42. The molecule has 0 aliphatic heterocycles. The molecule has 1 aromatic carbocycles. The molecule has 0 bridgehead atoms. The molecule has 0 fully saturated rings. The minimum Gasteiger partial charge on any atom is -0.283 e. The molecule has 3 heterocycles. The minimum atomic E-state index is -0.646. The second-order valence-electron chi connectivity index (χ2n) is 6.19. The first-order valence-electron chi connectivity index (χ1n) is 8.23. The molecule has 0 N–H and O–H groups in total. The maximum atomic E-state index is 14.5. The van der Waals surface area contributed by atoms with Gasteiger partial charge in [0.25, 0.3) is 0 Å². The van der Waals surface area contributed by atoms with E-state index in [0.29, 0.717) is 22.6 Å². The number of aromatic nitrogens is 5. The van der Waals surface area contributed by atoms with Crippen molar-refractivity contribution in [1.82, 2.24) is 24.1 Å². The Kier molecular flexibility index (Phi) is 4.02. The van der Waals surface area contributed by atoms with E-state index in [9.17, 15) is 13.6 Å². The van der Waals surface area contributed by atoms with Crippen LogP contribution in [-0.2, 0) is 13.6 Å². The summed E-state index contributed by atoms with van der Waals surface area (Å²) in [5, 5.41) is 0. The highest BCUT2D eigenvalue weighted by Gasteiger charge is 2.17. The van der Waals surface area contributed by atoms with E-state index in [0.717, 1.165) is 0 Å². The fourth-order valence-electron chi connectivity index (χ4n) is 3.02. The Morgan fingerprint density at radius 2 is 1.85 bits per heavy atom. The quantitative estimate of drug-likeness (QED) is 0.559. The third-order valence-electron chi connectivity index (χ3n) is 4.52. The molecule has 27 heavy (non-hydrogen) atoms. The molecule has 4 rings (SSSR count). The summed E-state index contributed by atoms with van der Waals surface area (Å²) in [6.45, 7) is 1.54. The zero-order valence-electron chi connectivity index (χ0n) is 14.6. The number of hydrogen-bond donors (Lipinski definition) is 0. The van der Waals surface area contributed by atoms with Crippen LogP contribution in [0.3, 0.4) is 0 Å². The van der Waals surface area contributed by atoms with E-state index in [1.165, 1.54) is 34.4 Å². The zero-order chi connectivity index (χ0) is 19.1. The van der Waals surface area contributed by atoms with Crippen molar-refractivity contribution < 1.29 is 8.78 Å². The maximum absolute atomic E-state index is 14.5. The molecular formula is C19H15F2N5O. The molecule has 136 valence electrons.